The summed E-state index contributed by atoms with van der Waals surface area (Å²) >= 11 is 11.8. The third-order valence-corrected chi connectivity index (χ3v) is 4.16. The number of carbonyl (C=O) groups excluding carboxylic acids is 2. The monoisotopic (exact) mass is 420 g/mol. The summed E-state index contributed by atoms with van der Waals surface area (Å²) in [5.74, 6) is 2.58. The van der Waals surface area contributed by atoms with Gasteiger partial charge in [0, 0.05) is 11.6 Å². The molecule has 0 unspecified atom stereocenters. The van der Waals surface area contributed by atoms with E-state index in [1.54, 1.807) is 24.3 Å². The van der Waals surface area contributed by atoms with E-state index < -0.39 is 5.91 Å². The van der Waals surface area contributed by atoms with Gasteiger partial charge in [0.05, 0.1) is 24.2 Å². The highest BCUT2D eigenvalue weighted by Crippen LogP contribution is 2.28. The molecule has 2 rings (SSSR count). The van der Waals surface area contributed by atoms with E-state index in [1.165, 1.54) is 19.2 Å². The van der Waals surface area contributed by atoms with Crippen LogP contribution in [0.3, 0.4) is 0 Å². The van der Waals surface area contributed by atoms with E-state index in [1.807, 2.05) is 0 Å². The molecule has 0 spiro atoms. The van der Waals surface area contributed by atoms with Crippen molar-refractivity contribution in [1.29, 1.82) is 0 Å². The van der Waals surface area contributed by atoms with Crippen molar-refractivity contribution < 1.29 is 19.1 Å². The summed E-state index contributed by atoms with van der Waals surface area (Å²) in [5.41, 5.74) is 1.03. The molecule has 2 amide bonds. The molecule has 0 saturated heterocycles. The van der Waals surface area contributed by atoms with E-state index in [0.717, 1.165) is 5.56 Å². The molecule has 2 N–H and O–H groups in total. The molecule has 0 heterocycles. The molecule has 6 nitrogen and oxygen atoms in total. The molecule has 0 fully saturated rings. The summed E-state index contributed by atoms with van der Waals surface area (Å²) in [4.78, 5) is 24.1. The van der Waals surface area contributed by atoms with Crippen LogP contribution in [0.15, 0.2) is 36.4 Å². The summed E-state index contributed by atoms with van der Waals surface area (Å²) in [5, 5.41) is 5.85. The second-order valence-electron chi connectivity index (χ2n) is 5.56. The van der Waals surface area contributed by atoms with Crippen molar-refractivity contribution in [2.45, 2.75) is 6.54 Å². The van der Waals surface area contributed by atoms with E-state index in [9.17, 15) is 9.59 Å². The lowest BCUT2D eigenvalue weighted by molar-refractivity contribution is -0.120. The van der Waals surface area contributed by atoms with E-state index in [4.69, 9.17) is 39.1 Å². The number of hydrogen-bond acceptors (Lipinski definition) is 4. The molecule has 2 aromatic carbocycles. The van der Waals surface area contributed by atoms with E-state index in [-0.39, 0.29) is 36.2 Å². The topological polar surface area (TPSA) is 76.7 Å². The van der Waals surface area contributed by atoms with Crippen LogP contribution in [0.4, 0.5) is 0 Å². The van der Waals surface area contributed by atoms with Gasteiger partial charge in [-0.05, 0) is 35.9 Å². The van der Waals surface area contributed by atoms with Crippen molar-refractivity contribution in [1.82, 2.24) is 10.6 Å². The molecule has 0 aliphatic heterocycles. The van der Waals surface area contributed by atoms with E-state index in [2.05, 4.69) is 16.6 Å². The molecule has 146 valence electrons. The Morgan fingerprint density at radius 3 is 2.57 bits per heavy atom. The molecule has 0 aliphatic rings. The molecule has 2 aromatic rings. The average Bonchev–Trinajstić information content (AvgIpc) is 2.68. The maximum atomic E-state index is 12.1. The van der Waals surface area contributed by atoms with Gasteiger partial charge in [-0.25, -0.2) is 0 Å². The summed E-state index contributed by atoms with van der Waals surface area (Å²) in [6.07, 6.45) is 5.20. The van der Waals surface area contributed by atoms with Crippen LogP contribution < -0.4 is 20.1 Å². The summed E-state index contributed by atoms with van der Waals surface area (Å²) in [7, 11) is 1.52. The Kier molecular flexibility index (Phi) is 8.00. The predicted octanol–water partition coefficient (Wildman–Crippen LogP) is 3.06. The van der Waals surface area contributed by atoms with Crippen molar-refractivity contribution in [3.63, 3.8) is 0 Å². The fourth-order valence-corrected chi connectivity index (χ4v) is 2.75. The third-order valence-electron chi connectivity index (χ3n) is 3.61. The minimum atomic E-state index is -0.466. The smallest absolute Gasteiger partial charge is 0.253 e. The van der Waals surface area contributed by atoms with Gasteiger partial charge in [0.1, 0.15) is 6.61 Å². The second kappa shape index (κ2) is 10.5. The van der Waals surface area contributed by atoms with Crippen LogP contribution in [0, 0.1) is 12.3 Å². The first-order valence-corrected chi connectivity index (χ1v) is 8.93. The fraction of sp³-hybridized carbons (Fsp3) is 0.200. The number of ether oxygens (including phenoxy) is 2. The Morgan fingerprint density at radius 1 is 1.11 bits per heavy atom. The van der Waals surface area contributed by atoms with Gasteiger partial charge in [-0.15, -0.1) is 6.42 Å². The summed E-state index contributed by atoms with van der Waals surface area (Å²) in [6, 6.07) is 9.73. The number of carbonyl (C=O) groups is 2. The van der Waals surface area contributed by atoms with Gasteiger partial charge in [-0.2, -0.15) is 0 Å². The molecule has 0 aliphatic carbocycles. The molecular formula is C20H18Cl2N2O4. The van der Waals surface area contributed by atoms with E-state index >= 15 is 0 Å². The lowest BCUT2D eigenvalue weighted by atomic mass is 10.2. The van der Waals surface area contributed by atoms with Crippen LogP contribution in [0.25, 0.3) is 0 Å². The SMILES string of the molecule is C#CCOc1cc(CNC(=O)CNC(=O)c2ccc(Cl)cc2Cl)ccc1OC. The Morgan fingerprint density at radius 2 is 1.89 bits per heavy atom. The normalized spacial score (nSPS) is 9.93. The lowest BCUT2D eigenvalue weighted by Gasteiger charge is -2.12. The molecule has 0 bridgehead atoms. The maximum Gasteiger partial charge on any atom is 0.253 e. The number of hydrogen-bond donors (Lipinski definition) is 2. The predicted molar refractivity (Wildman–Crippen MR) is 108 cm³/mol. The van der Waals surface area contributed by atoms with Gasteiger partial charge in [-0.1, -0.05) is 35.2 Å². The van der Waals surface area contributed by atoms with Crippen LogP contribution in [-0.2, 0) is 11.3 Å². The summed E-state index contributed by atoms with van der Waals surface area (Å²) < 4.78 is 10.6. The van der Waals surface area contributed by atoms with Crippen molar-refractivity contribution in [2.75, 3.05) is 20.3 Å². The van der Waals surface area contributed by atoms with E-state index in [0.29, 0.717) is 16.5 Å². The van der Waals surface area contributed by atoms with Crippen molar-refractivity contribution in [3.05, 3.63) is 57.6 Å². The molecule has 0 aromatic heterocycles. The first-order valence-electron chi connectivity index (χ1n) is 8.17. The van der Waals surface area contributed by atoms with Gasteiger partial charge in [0.15, 0.2) is 11.5 Å². The first kappa shape index (κ1) is 21.4. The Balaban J connectivity index is 1.88. The number of rotatable bonds is 8. The number of terminal acetylenes is 1. The standard InChI is InChI=1S/C20H18Cl2N2O4/c1-3-8-28-18-9-13(4-7-17(18)27-2)11-23-19(25)12-24-20(26)15-6-5-14(21)10-16(15)22/h1,4-7,9-10H,8,11-12H2,2H3,(H,23,25)(H,24,26). The lowest BCUT2D eigenvalue weighted by Crippen LogP contribution is -2.36. The van der Waals surface area contributed by atoms with Crippen molar-refractivity contribution >= 4 is 35.0 Å². The molecule has 0 atom stereocenters. The third kappa shape index (κ3) is 6.08. The largest absolute Gasteiger partial charge is 0.493 e. The van der Waals surface area contributed by atoms with Crippen molar-refractivity contribution in [2.24, 2.45) is 0 Å². The van der Waals surface area contributed by atoms with Gasteiger partial charge in [0.2, 0.25) is 5.91 Å². The van der Waals surface area contributed by atoms with Crippen LogP contribution >= 0.6 is 23.2 Å². The minimum Gasteiger partial charge on any atom is -0.493 e. The maximum absolute atomic E-state index is 12.1. The number of nitrogens with one attached hydrogen (secondary N) is 2. The zero-order valence-electron chi connectivity index (χ0n) is 15.1. The molecular weight excluding hydrogens is 403 g/mol. The van der Waals surface area contributed by atoms with Gasteiger partial charge >= 0.3 is 0 Å². The Bertz CT molecular complexity index is 910. The Labute approximate surface area is 173 Å². The average molecular weight is 421 g/mol. The Hall–Kier alpha value is -2.88. The highest BCUT2D eigenvalue weighted by Gasteiger charge is 2.12. The number of methoxy groups -OCH3 is 1. The minimum absolute atomic E-state index is 0.103. The zero-order chi connectivity index (χ0) is 20.5. The molecule has 28 heavy (non-hydrogen) atoms. The highest BCUT2D eigenvalue weighted by atomic mass is 35.5. The molecule has 0 radical (unpaired) electrons. The molecule has 8 heteroatoms. The van der Waals surface area contributed by atoms with Crippen LogP contribution in [0.1, 0.15) is 15.9 Å². The van der Waals surface area contributed by atoms with Crippen LogP contribution in [0.5, 0.6) is 11.5 Å². The van der Waals surface area contributed by atoms with Crippen LogP contribution in [-0.4, -0.2) is 32.1 Å². The van der Waals surface area contributed by atoms with Gasteiger partial charge < -0.3 is 20.1 Å². The summed E-state index contributed by atoms with van der Waals surface area (Å²) in [6.45, 7) is 0.146. The number of halogens is 2. The van der Waals surface area contributed by atoms with Crippen LogP contribution in [0.2, 0.25) is 10.0 Å². The molecule has 0 saturated carbocycles. The van der Waals surface area contributed by atoms with Gasteiger partial charge in [-0.3, -0.25) is 9.59 Å². The number of benzene rings is 2. The second-order valence-corrected chi connectivity index (χ2v) is 6.41. The van der Waals surface area contributed by atoms with Gasteiger partial charge in [0.25, 0.3) is 5.91 Å². The fourth-order valence-electron chi connectivity index (χ4n) is 2.26. The van der Waals surface area contributed by atoms with Crippen molar-refractivity contribution in [3.8, 4) is 23.8 Å². The number of amides is 2. The quantitative estimate of drug-likeness (QED) is 0.643. The zero-order valence-corrected chi connectivity index (χ0v) is 16.6. The highest BCUT2D eigenvalue weighted by molar-refractivity contribution is 6.36. The first-order chi connectivity index (χ1) is 13.4.